The van der Waals surface area contributed by atoms with Gasteiger partial charge in [0.25, 0.3) is 5.56 Å². The van der Waals surface area contributed by atoms with E-state index in [2.05, 4.69) is 6.92 Å². The zero-order valence-corrected chi connectivity index (χ0v) is 17.9. The maximum absolute atomic E-state index is 12.9. The predicted octanol–water partition coefficient (Wildman–Crippen LogP) is 5.43. The molecule has 5 nitrogen and oxygen atoms in total. The minimum Gasteiger partial charge on any atom is -0.500 e. The van der Waals surface area contributed by atoms with Crippen LogP contribution in [0.2, 0.25) is 0 Å². The van der Waals surface area contributed by atoms with E-state index in [1.807, 2.05) is 68.5 Å². The zero-order valence-electron chi connectivity index (χ0n) is 17.9. The molecule has 0 saturated carbocycles. The number of aryl methyl sites for hydroxylation is 1. The molecule has 30 heavy (non-hydrogen) atoms. The summed E-state index contributed by atoms with van der Waals surface area (Å²) in [6.45, 7) is 7.26. The highest BCUT2D eigenvalue weighted by molar-refractivity contribution is 5.89. The number of aromatic hydroxyl groups is 1. The van der Waals surface area contributed by atoms with Crippen molar-refractivity contribution in [2.75, 3.05) is 6.61 Å². The summed E-state index contributed by atoms with van der Waals surface area (Å²) in [5.41, 5.74) is 2.43. The van der Waals surface area contributed by atoms with Gasteiger partial charge in [0.2, 0.25) is 5.75 Å². The molecular weight excluding hydrogens is 378 g/mol. The standard InChI is InChI=1S/C25H29NO4/c1-4-5-14-26-22-16-20(30-17-19-9-7-6-8-10-19)11-12-21(22)24(23(27)25(26)28)29-15-13-18(2)3/h6-13,16,27H,4-5,14-15,17H2,1-3H3. The van der Waals surface area contributed by atoms with Crippen molar-refractivity contribution >= 4 is 10.9 Å². The minimum atomic E-state index is -0.441. The maximum Gasteiger partial charge on any atom is 0.297 e. The predicted molar refractivity (Wildman–Crippen MR) is 120 cm³/mol. The van der Waals surface area contributed by atoms with Crippen molar-refractivity contribution in [3.05, 3.63) is 76.1 Å². The molecule has 0 unspecified atom stereocenters. The minimum absolute atomic E-state index is 0.217. The summed E-state index contributed by atoms with van der Waals surface area (Å²) in [5, 5.41) is 11.2. The Morgan fingerprint density at radius 1 is 1.10 bits per heavy atom. The lowest BCUT2D eigenvalue weighted by Gasteiger charge is -2.16. The highest BCUT2D eigenvalue weighted by atomic mass is 16.5. The molecule has 5 heteroatoms. The lowest BCUT2D eigenvalue weighted by Crippen LogP contribution is -2.21. The third-order valence-electron chi connectivity index (χ3n) is 4.87. The van der Waals surface area contributed by atoms with Gasteiger partial charge in [-0.1, -0.05) is 49.2 Å². The normalized spacial score (nSPS) is 10.8. The highest BCUT2D eigenvalue weighted by Gasteiger charge is 2.18. The molecule has 158 valence electrons. The first-order valence-electron chi connectivity index (χ1n) is 10.3. The van der Waals surface area contributed by atoms with Crippen molar-refractivity contribution in [1.29, 1.82) is 0 Å². The SMILES string of the molecule is CCCCn1c(=O)c(O)c(OCC=C(C)C)c2ccc(OCc3ccccc3)cc21. The highest BCUT2D eigenvalue weighted by Crippen LogP contribution is 2.34. The summed E-state index contributed by atoms with van der Waals surface area (Å²) in [7, 11) is 0. The number of rotatable bonds is 9. The van der Waals surface area contributed by atoms with Crippen molar-refractivity contribution in [3.8, 4) is 17.2 Å². The molecule has 0 aliphatic heterocycles. The number of aromatic nitrogens is 1. The first-order chi connectivity index (χ1) is 14.5. The second-order valence-corrected chi connectivity index (χ2v) is 7.53. The van der Waals surface area contributed by atoms with Crippen LogP contribution in [-0.4, -0.2) is 16.3 Å². The lowest BCUT2D eigenvalue weighted by atomic mass is 10.1. The topological polar surface area (TPSA) is 60.7 Å². The molecule has 0 amide bonds. The lowest BCUT2D eigenvalue weighted by molar-refractivity contribution is 0.306. The number of pyridine rings is 1. The van der Waals surface area contributed by atoms with E-state index >= 15 is 0 Å². The van der Waals surface area contributed by atoms with Crippen molar-refractivity contribution in [2.24, 2.45) is 0 Å². The summed E-state index contributed by atoms with van der Waals surface area (Å²) in [6, 6.07) is 15.5. The van der Waals surface area contributed by atoms with Gasteiger partial charge >= 0.3 is 0 Å². The van der Waals surface area contributed by atoms with Gasteiger partial charge in [-0.3, -0.25) is 4.79 Å². The first-order valence-corrected chi connectivity index (χ1v) is 10.3. The number of unbranched alkanes of at least 4 members (excludes halogenated alkanes) is 1. The number of allylic oxidation sites excluding steroid dienone is 1. The van der Waals surface area contributed by atoms with Crippen LogP contribution in [0, 0.1) is 0 Å². The van der Waals surface area contributed by atoms with Gasteiger partial charge in [-0.25, -0.2) is 0 Å². The van der Waals surface area contributed by atoms with Gasteiger partial charge in [0.15, 0.2) is 5.75 Å². The van der Waals surface area contributed by atoms with Crippen molar-refractivity contribution < 1.29 is 14.6 Å². The molecule has 0 bridgehead atoms. The molecule has 2 aromatic carbocycles. The van der Waals surface area contributed by atoms with Crippen LogP contribution in [-0.2, 0) is 13.2 Å². The Balaban J connectivity index is 2.02. The summed E-state index contributed by atoms with van der Waals surface area (Å²) in [6.07, 6.45) is 3.68. The van der Waals surface area contributed by atoms with Gasteiger partial charge < -0.3 is 19.1 Å². The maximum atomic E-state index is 12.9. The van der Waals surface area contributed by atoms with Crippen LogP contribution in [0.25, 0.3) is 10.9 Å². The Hall–Kier alpha value is -3.21. The fourth-order valence-corrected chi connectivity index (χ4v) is 3.20. The van der Waals surface area contributed by atoms with Gasteiger partial charge in [-0.2, -0.15) is 0 Å². The monoisotopic (exact) mass is 407 g/mol. The average Bonchev–Trinajstić information content (AvgIpc) is 2.75. The van der Waals surface area contributed by atoms with Crippen molar-refractivity contribution in [2.45, 2.75) is 46.8 Å². The summed E-state index contributed by atoms with van der Waals surface area (Å²) < 4.78 is 13.4. The summed E-state index contributed by atoms with van der Waals surface area (Å²) in [5.74, 6) is 0.533. The molecule has 0 atom stereocenters. The smallest absolute Gasteiger partial charge is 0.297 e. The summed E-state index contributed by atoms with van der Waals surface area (Å²) in [4.78, 5) is 12.9. The van der Waals surface area contributed by atoms with Crippen LogP contribution in [0.1, 0.15) is 39.2 Å². The molecule has 1 aromatic heterocycles. The van der Waals surface area contributed by atoms with Gasteiger partial charge in [0, 0.05) is 18.0 Å². The number of hydrogen-bond acceptors (Lipinski definition) is 4. The Morgan fingerprint density at radius 3 is 2.57 bits per heavy atom. The van der Waals surface area contributed by atoms with E-state index in [1.165, 1.54) is 0 Å². The van der Waals surface area contributed by atoms with E-state index in [0.717, 1.165) is 24.0 Å². The quantitative estimate of drug-likeness (QED) is 0.481. The molecule has 0 radical (unpaired) electrons. The Kier molecular flexibility index (Phi) is 7.17. The molecule has 0 aliphatic carbocycles. The van der Waals surface area contributed by atoms with Crippen LogP contribution in [0.4, 0.5) is 0 Å². The van der Waals surface area contributed by atoms with Gasteiger partial charge in [-0.15, -0.1) is 0 Å². The van der Waals surface area contributed by atoms with Crippen LogP contribution in [0.5, 0.6) is 17.2 Å². The van der Waals surface area contributed by atoms with E-state index < -0.39 is 5.56 Å². The second kappa shape index (κ2) is 10.0. The Bertz CT molecular complexity index is 1080. The third kappa shape index (κ3) is 5.03. The van der Waals surface area contributed by atoms with Gasteiger partial charge in [-0.05, 0) is 44.0 Å². The average molecular weight is 408 g/mol. The van der Waals surface area contributed by atoms with Crippen molar-refractivity contribution in [1.82, 2.24) is 4.57 Å². The fraction of sp³-hybridized carbons (Fsp3) is 0.320. The fourth-order valence-electron chi connectivity index (χ4n) is 3.20. The molecule has 3 rings (SSSR count). The number of nitrogens with zero attached hydrogens (tertiary/aromatic N) is 1. The van der Waals surface area contributed by atoms with E-state index in [1.54, 1.807) is 4.57 Å². The summed E-state index contributed by atoms with van der Waals surface area (Å²) >= 11 is 0. The van der Waals surface area contributed by atoms with E-state index in [4.69, 9.17) is 9.47 Å². The van der Waals surface area contributed by atoms with Gasteiger partial charge in [0.1, 0.15) is 19.0 Å². The van der Waals surface area contributed by atoms with Crippen molar-refractivity contribution in [3.63, 3.8) is 0 Å². The van der Waals surface area contributed by atoms with E-state index in [9.17, 15) is 9.90 Å². The number of fused-ring (bicyclic) bond motifs is 1. The number of hydrogen-bond donors (Lipinski definition) is 1. The third-order valence-corrected chi connectivity index (χ3v) is 4.87. The molecule has 3 aromatic rings. The number of benzene rings is 2. The molecule has 1 heterocycles. The van der Waals surface area contributed by atoms with Crippen LogP contribution in [0.15, 0.2) is 65.0 Å². The molecule has 0 saturated heterocycles. The first kappa shape index (κ1) is 21.5. The second-order valence-electron chi connectivity index (χ2n) is 7.53. The zero-order chi connectivity index (χ0) is 21.5. The molecule has 0 aliphatic rings. The van der Waals surface area contributed by atoms with Gasteiger partial charge in [0.05, 0.1) is 5.52 Å². The molecular formula is C25H29NO4. The van der Waals surface area contributed by atoms with E-state index in [-0.39, 0.29) is 18.1 Å². The molecule has 1 N–H and O–H groups in total. The Labute approximate surface area is 177 Å². The van der Waals surface area contributed by atoms with Crippen LogP contribution >= 0.6 is 0 Å². The largest absolute Gasteiger partial charge is 0.500 e. The van der Waals surface area contributed by atoms with Crippen LogP contribution < -0.4 is 15.0 Å². The van der Waals surface area contributed by atoms with E-state index in [0.29, 0.717) is 29.8 Å². The molecule has 0 fully saturated rings. The van der Waals surface area contributed by atoms with Crippen LogP contribution in [0.3, 0.4) is 0 Å². The number of ether oxygens (including phenoxy) is 2. The Morgan fingerprint density at radius 2 is 1.87 bits per heavy atom. The molecule has 0 spiro atoms.